The van der Waals surface area contributed by atoms with Gasteiger partial charge in [0.05, 0.1) is 15.9 Å². The first-order valence-corrected chi connectivity index (χ1v) is 10.4. The minimum absolute atomic E-state index is 0.160. The molecule has 4 rings (SSSR count). The molecule has 1 heterocycles. The number of rotatable bonds is 4. The number of hydrogen-bond donors (Lipinski definition) is 1. The molecule has 0 spiro atoms. The number of fused-ring (bicyclic) bond motifs is 1. The van der Waals surface area contributed by atoms with Crippen LogP contribution < -0.4 is 5.32 Å². The number of hydrogen-bond acceptors (Lipinski definition) is 4. The molecule has 4 aromatic rings. The van der Waals surface area contributed by atoms with Crippen LogP contribution in [0, 0.1) is 0 Å². The van der Waals surface area contributed by atoms with Crippen LogP contribution in [-0.2, 0) is 9.84 Å². The van der Waals surface area contributed by atoms with E-state index in [0.29, 0.717) is 11.3 Å². The maximum absolute atomic E-state index is 12.5. The summed E-state index contributed by atoms with van der Waals surface area (Å²) in [6, 6.07) is 21.1. The molecule has 0 atom stereocenters. The van der Waals surface area contributed by atoms with Crippen LogP contribution in [0.3, 0.4) is 0 Å². The number of amides is 1. The van der Waals surface area contributed by atoms with Crippen LogP contribution in [0.1, 0.15) is 10.4 Å². The third-order valence-corrected chi connectivity index (χ3v) is 5.49. The fraction of sp³-hybridized carbons (Fsp3) is 0.0476. The van der Waals surface area contributed by atoms with Crippen molar-refractivity contribution in [2.45, 2.75) is 4.90 Å². The molecule has 1 N–H and O–H groups in total. The van der Waals surface area contributed by atoms with Crippen molar-refractivity contribution in [2.24, 2.45) is 0 Å². The molecule has 7 heteroatoms. The van der Waals surface area contributed by atoms with Gasteiger partial charge in [0.2, 0.25) is 0 Å². The molecule has 140 valence electrons. The van der Waals surface area contributed by atoms with Crippen molar-refractivity contribution >= 4 is 32.5 Å². The molecular formula is C21H17N3O3S. The maximum Gasteiger partial charge on any atom is 0.255 e. The summed E-state index contributed by atoms with van der Waals surface area (Å²) in [7, 11) is -3.33. The highest BCUT2D eigenvalue weighted by atomic mass is 32.2. The highest BCUT2D eigenvalue weighted by Crippen LogP contribution is 2.19. The predicted octanol–water partition coefficient (Wildman–Crippen LogP) is 3.68. The zero-order chi connectivity index (χ0) is 19.7. The third-order valence-electron chi connectivity index (χ3n) is 4.38. The number of aromatic nitrogens is 2. The Labute approximate surface area is 162 Å². The lowest BCUT2D eigenvalue weighted by Gasteiger charge is -2.08. The van der Waals surface area contributed by atoms with Gasteiger partial charge in [-0.1, -0.05) is 18.2 Å². The van der Waals surface area contributed by atoms with Crippen LogP contribution >= 0.6 is 0 Å². The van der Waals surface area contributed by atoms with E-state index in [9.17, 15) is 13.2 Å². The fourth-order valence-corrected chi connectivity index (χ4v) is 3.61. The van der Waals surface area contributed by atoms with Crippen LogP contribution in [0.2, 0.25) is 0 Å². The molecule has 0 saturated heterocycles. The Morgan fingerprint density at radius 1 is 0.964 bits per heavy atom. The third kappa shape index (κ3) is 3.52. The van der Waals surface area contributed by atoms with Crippen molar-refractivity contribution in [1.82, 2.24) is 9.55 Å². The lowest BCUT2D eigenvalue weighted by atomic mass is 10.2. The van der Waals surface area contributed by atoms with Gasteiger partial charge in [-0.25, -0.2) is 13.4 Å². The smallest absolute Gasteiger partial charge is 0.255 e. The van der Waals surface area contributed by atoms with E-state index in [-0.39, 0.29) is 10.8 Å². The summed E-state index contributed by atoms with van der Waals surface area (Å²) in [5.41, 5.74) is 3.67. The number of para-hydroxylation sites is 2. The minimum Gasteiger partial charge on any atom is -0.322 e. The molecule has 6 nitrogen and oxygen atoms in total. The number of anilines is 1. The fourth-order valence-electron chi connectivity index (χ4n) is 2.95. The van der Waals surface area contributed by atoms with E-state index in [0.717, 1.165) is 23.0 Å². The number of nitrogens with zero attached hydrogens (tertiary/aromatic N) is 2. The predicted molar refractivity (Wildman–Crippen MR) is 109 cm³/mol. The van der Waals surface area contributed by atoms with Gasteiger partial charge in [0.15, 0.2) is 9.84 Å². The van der Waals surface area contributed by atoms with E-state index >= 15 is 0 Å². The molecule has 0 saturated carbocycles. The summed E-state index contributed by atoms with van der Waals surface area (Å²) >= 11 is 0. The molecule has 28 heavy (non-hydrogen) atoms. The normalized spacial score (nSPS) is 11.5. The summed E-state index contributed by atoms with van der Waals surface area (Å²) in [5.74, 6) is -0.312. The standard InChI is InChI=1S/C21H17N3O3S/c1-28(26,27)18-6-4-5-16(13-18)23-21(25)15-9-11-17(12-10-15)24-14-22-19-7-2-3-8-20(19)24/h2-14H,1H3,(H,23,25). The van der Waals surface area contributed by atoms with E-state index < -0.39 is 9.84 Å². The van der Waals surface area contributed by atoms with Crippen molar-refractivity contribution in [1.29, 1.82) is 0 Å². The van der Waals surface area contributed by atoms with E-state index in [1.807, 2.05) is 41.0 Å². The van der Waals surface area contributed by atoms with Crippen LogP contribution in [0.15, 0.2) is 84.0 Å². The number of nitrogens with one attached hydrogen (secondary N) is 1. The largest absolute Gasteiger partial charge is 0.322 e. The number of imidazole rings is 1. The van der Waals surface area contributed by atoms with Crippen LogP contribution in [0.25, 0.3) is 16.7 Å². The topological polar surface area (TPSA) is 81.1 Å². The number of benzene rings is 3. The Morgan fingerprint density at radius 3 is 2.46 bits per heavy atom. The molecule has 0 aliphatic heterocycles. The average Bonchev–Trinajstić information content (AvgIpc) is 3.12. The van der Waals surface area contributed by atoms with Gasteiger partial charge in [-0.05, 0) is 54.6 Å². The molecule has 0 aliphatic rings. The zero-order valence-corrected chi connectivity index (χ0v) is 15.8. The molecule has 1 aromatic heterocycles. The second-order valence-corrected chi connectivity index (χ2v) is 8.42. The Kier molecular flexibility index (Phi) is 4.44. The van der Waals surface area contributed by atoms with E-state index in [4.69, 9.17) is 0 Å². The molecule has 0 radical (unpaired) electrons. The monoisotopic (exact) mass is 391 g/mol. The highest BCUT2D eigenvalue weighted by molar-refractivity contribution is 7.90. The van der Waals surface area contributed by atoms with Gasteiger partial charge < -0.3 is 5.32 Å². The van der Waals surface area contributed by atoms with Crippen molar-refractivity contribution in [3.63, 3.8) is 0 Å². The molecule has 3 aromatic carbocycles. The number of carbonyl (C=O) groups is 1. The van der Waals surface area contributed by atoms with Crippen LogP contribution in [0.4, 0.5) is 5.69 Å². The summed E-state index contributed by atoms with van der Waals surface area (Å²) in [6.07, 6.45) is 2.88. The zero-order valence-electron chi connectivity index (χ0n) is 15.0. The first kappa shape index (κ1) is 17.9. The molecule has 1 amide bonds. The highest BCUT2D eigenvalue weighted by Gasteiger charge is 2.11. The molecule has 0 unspecified atom stereocenters. The van der Waals surface area contributed by atoms with Crippen molar-refractivity contribution in [2.75, 3.05) is 11.6 Å². The number of sulfone groups is 1. The van der Waals surface area contributed by atoms with Gasteiger partial charge in [-0.3, -0.25) is 9.36 Å². The van der Waals surface area contributed by atoms with E-state index in [1.165, 1.54) is 12.1 Å². The Hall–Kier alpha value is -3.45. The first-order valence-electron chi connectivity index (χ1n) is 8.56. The van der Waals surface area contributed by atoms with Crippen molar-refractivity contribution < 1.29 is 13.2 Å². The lowest BCUT2D eigenvalue weighted by Crippen LogP contribution is -2.12. The second-order valence-electron chi connectivity index (χ2n) is 6.40. The first-order chi connectivity index (χ1) is 13.4. The lowest BCUT2D eigenvalue weighted by molar-refractivity contribution is 0.102. The quantitative estimate of drug-likeness (QED) is 0.575. The summed E-state index contributed by atoms with van der Waals surface area (Å²) in [6.45, 7) is 0. The van der Waals surface area contributed by atoms with E-state index in [1.54, 1.807) is 30.6 Å². The van der Waals surface area contributed by atoms with Gasteiger partial charge in [0, 0.05) is 23.2 Å². The van der Waals surface area contributed by atoms with Gasteiger partial charge in [-0.2, -0.15) is 0 Å². The minimum atomic E-state index is -3.33. The van der Waals surface area contributed by atoms with Crippen molar-refractivity contribution in [3.05, 3.63) is 84.7 Å². The van der Waals surface area contributed by atoms with Gasteiger partial charge in [-0.15, -0.1) is 0 Å². The average molecular weight is 391 g/mol. The van der Waals surface area contributed by atoms with Crippen molar-refractivity contribution in [3.8, 4) is 5.69 Å². The maximum atomic E-state index is 12.5. The Balaban J connectivity index is 1.57. The Bertz CT molecular complexity index is 1280. The summed E-state index contributed by atoms with van der Waals surface area (Å²) in [5, 5.41) is 2.73. The van der Waals surface area contributed by atoms with Crippen LogP contribution in [-0.4, -0.2) is 30.1 Å². The summed E-state index contributed by atoms with van der Waals surface area (Å²) < 4.78 is 25.3. The van der Waals surface area contributed by atoms with E-state index in [2.05, 4.69) is 10.3 Å². The molecular weight excluding hydrogens is 374 g/mol. The second kappa shape index (κ2) is 6.94. The van der Waals surface area contributed by atoms with Gasteiger partial charge in [0.25, 0.3) is 5.91 Å². The van der Waals surface area contributed by atoms with Crippen LogP contribution in [0.5, 0.6) is 0 Å². The molecule has 0 fully saturated rings. The van der Waals surface area contributed by atoms with Gasteiger partial charge >= 0.3 is 0 Å². The number of carbonyl (C=O) groups excluding carboxylic acids is 1. The molecule has 0 bridgehead atoms. The van der Waals surface area contributed by atoms with Gasteiger partial charge in [0.1, 0.15) is 6.33 Å². The summed E-state index contributed by atoms with van der Waals surface area (Å²) in [4.78, 5) is 17.0. The molecule has 0 aliphatic carbocycles. The SMILES string of the molecule is CS(=O)(=O)c1cccc(NC(=O)c2ccc(-n3cnc4ccccc43)cc2)c1. The Morgan fingerprint density at radius 2 is 1.71 bits per heavy atom.